The zero-order valence-corrected chi connectivity index (χ0v) is 10.3. The lowest BCUT2D eigenvalue weighted by molar-refractivity contribution is 0.416. The summed E-state index contributed by atoms with van der Waals surface area (Å²) in [4.78, 5) is 0. The molecule has 0 spiro atoms. The van der Waals surface area contributed by atoms with Crippen molar-refractivity contribution in [3.8, 4) is 5.75 Å². The van der Waals surface area contributed by atoms with E-state index in [9.17, 15) is 0 Å². The van der Waals surface area contributed by atoms with Crippen molar-refractivity contribution in [1.29, 1.82) is 0 Å². The maximum absolute atomic E-state index is 5.26. The lowest BCUT2D eigenvalue weighted by Crippen LogP contribution is -2.04. The van der Waals surface area contributed by atoms with Crippen LogP contribution < -0.4 is 10.1 Å². The van der Waals surface area contributed by atoms with Gasteiger partial charge in [-0.05, 0) is 30.1 Å². The number of hydrogen-bond acceptors (Lipinski definition) is 3. The van der Waals surface area contributed by atoms with E-state index in [0.717, 1.165) is 18.0 Å². The van der Waals surface area contributed by atoms with E-state index in [0.29, 0.717) is 0 Å². The summed E-state index contributed by atoms with van der Waals surface area (Å²) in [6.07, 6.45) is 1.19. The molecule has 1 aromatic rings. The Balaban J connectivity index is 2.30. The number of benzene rings is 1. The summed E-state index contributed by atoms with van der Waals surface area (Å²) < 4.78 is 5.26. The number of methoxy groups -OCH3 is 1. The molecule has 0 aliphatic rings. The summed E-state index contributed by atoms with van der Waals surface area (Å²) in [5.41, 5.74) is 1.08. The highest BCUT2D eigenvalue weighted by Crippen LogP contribution is 2.22. The van der Waals surface area contributed by atoms with Crippen LogP contribution in [0.25, 0.3) is 0 Å². The topological polar surface area (TPSA) is 21.3 Å². The molecule has 1 rings (SSSR count). The van der Waals surface area contributed by atoms with Crippen molar-refractivity contribution in [2.24, 2.45) is 0 Å². The summed E-state index contributed by atoms with van der Waals surface area (Å²) in [5.74, 6) is 3.34. The number of anilines is 1. The second-order valence-corrected chi connectivity index (χ2v) is 4.57. The fourth-order valence-electron chi connectivity index (χ4n) is 1.33. The van der Waals surface area contributed by atoms with E-state index in [1.165, 1.54) is 17.9 Å². The van der Waals surface area contributed by atoms with Gasteiger partial charge in [-0.15, -0.1) is 0 Å². The minimum Gasteiger partial charge on any atom is -0.495 e. The quantitative estimate of drug-likeness (QED) is 0.720. The molecule has 0 bridgehead atoms. The van der Waals surface area contributed by atoms with Crippen LogP contribution in [0.3, 0.4) is 0 Å². The summed E-state index contributed by atoms with van der Waals surface area (Å²) >= 11 is 1.98. The first-order chi connectivity index (χ1) is 7.38. The number of hydrogen-bond donors (Lipinski definition) is 1. The van der Waals surface area contributed by atoms with Gasteiger partial charge in [-0.25, -0.2) is 0 Å². The molecule has 1 N–H and O–H groups in total. The first-order valence-corrected chi connectivity index (χ1v) is 6.48. The van der Waals surface area contributed by atoms with Gasteiger partial charge in [-0.1, -0.05) is 19.1 Å². The van der Waals surface area contributed by atoms with Gasteiger partial charge in [0.2, 0.25) is 0 Å². The van der Waals surface area contributed by atoms with Gasteiger partial charge in [0.15, 0.2) is 0 Å². The zero-order valence-electron chi connectivity index (χ0n) is 9.45. The second kappa shape index (κ2) is 7.46. The van der Waals surface area contributed by atoms with Crippen LogP contribution in [0.5, 0.6) is 5.75 Å². The molecule has 0 saturated heterocycles. The largest absolute Gasteiger partial charge is 0.495 e. The van der Waals surface area contributed by atoms with Gasteiger partial charge in [0.05, 0.1) is 12.8 Å². The molecule has 0 aliphatic heterocycles. The Bertz CT molecular complexity index is 278. The van der Waals surface area contributed by atoms with Crippen LogP contribution in [0.4, 0.5) is 5.69 Å². The van der Waals surface area contributed by atoms with Gasteiger partial charge < -0.3 is 10.1 Å². The van der Waals surface area contributed by atoms with Gasteiger partial charge in [0.25, 0.3) is 0 Å². The average molecular weight is 225 g/mol. The predicted octanol–water partition coefficient (Wildman–Crippen LogP) is 3.25. The van der Waals surface area contributed by atoms with Crippen molar-refractivity contribution < 1.29 is 4.74 Å². The fraction of sp³-hybridized carbons (Fsp3) is 0.500. The van der Waals surface area contributed by atoms with E-state index >= 15 is 0 Å². The number of thioether (sulfide) groups is 1. The Morgan fingerprint density at radius 3 is 2.87 bits per heavy atom. The highest BCUT2D eigenvalue weighted by molar-refractivity contribution is 7.99. The minimum absolute atomic E-state index is 0.917. The van der Waals surface area contributed by atoms with E-state index in [2.05, 4.69) is 12.2 Å². The zero-order chi connectivity index (χ0) is 10.9. The molecule has 15 heavy (non-hydrogen) atoms. The van der Waals surface area contributed by atoms with Crippen LogP contribution >= 0.6 is 11.8 Å². The molecular formula is C12H19NOS. The lowest BCUT2D eigenvalue weighted by atomic mass is 10.3. The lowest BCUT2D eigenvalue weighted by Gasteiger charge is -2.10. The van der Waals surface area contributed by atoms with Gasteiger partial charge in [0, 0.05) is 6.54 Å². The van der Waals surface area contributed by atoms with Crippen LogP contribution in [0.1, 0.15) is 13.3 Å². The minimum atomic E-state index is 0.917. The van der Waals surface area contributed by atoms with Crippen molar-refractivity contribution in [1.82, 2.24) is 0 Å². The maximum Gasteiger partial charge on any atom is 0.141 e. The highest BCUT2D eigenvalue weighted by atomic mass is 32.2. The molecule has 0 amide bonds. The molecule has 0 saturated carbocycles. The number of para-hydroxylation sites is 2. The Kier molecular flexibility index (Phi) is 6.09. The van der Waals surface area contributed by atoms with E-state index in [1.807, 2.05) is 36.0 Å². The van der Waals surface area contributed by atoms with Crippen LogP contribution in [0.15, 0.2) is 24.3 Å². The Labute approximate surface area is 96.4 Å². The van der Waals surface area contributed by atoms with Gasteiger partial charge >= 0.3 is 0 Å². The molecule has 0 aromatic heterocycles. The van der Waals surface area contributed by atoms with Crippen LogP contribution in [-0.2, 0) is 0 Å². The molecule has 0 unspecified atom stereocenters. The second-order valence-electron chi connectivity index (χ2n) is 3.18. The molecule has 2 nitrogen and oxygen atoms in total. The summed E-state index contributed by atoms with van der Waals surface area (Å²) in [6.45, 7) is 3.20. The molecule has 3 heteroatoms. The summed E-state index contributed by atoms with van der Waals surface area (Å²) in [5, 5.41) is 3.38. The molecule has 0 fully saturated rings. The third kappa shape index (κ3) is 4.47. The van der Waals surface area contributed by atoms with Gasteiger partial charge in [-0.3, -0.25) is 0 Å². The number of ether oxygens (including phenoxy) is 1. The number of rotatable bonds is 7. The summed E-state index contributed by atoms with van der Waals surface area (Å²) in [7, 11) is 1.70. The molecule has 0 atom stereocenters. The molecule has 1 aromatic carbocycles. The first kappa shape index (κ1) is 12.2. The van der Waals surface area contributed by atoms with Crippen LogP contribution in [-0.4, -0.2) is 25.2 Å². The maximum atomic E-state index is 5.26. The van der Waals surface area contributed by atoms with Crippen molar-refractivity contribution in [3.63, 3.8) is 0 Å². The Morgan fingerprint density at radius 1 is 1.33 bits per heavy atom. The average Bonchev–Trinajstić information content (AvgIpc) is 2.29. The van der Waals surface area contributed by atoms with Gasteiger partial charge in [-0.2, -0.15) is 11.8 Å². The van der Waals surface area contributed by atoms with Crippen LogP contribution in [0, 0.1) is 0 Å². The predicted molar refractivity (Wildman–Crippen MR) is 69.1 cm³/mol. The van der Waals surface area contributed by atoms with Crippen LogP contribution in [0.2, 0.25) is 0 Å². The standard InChI is InChI=1S/C12H19NOS/c1-3-15-10-6-9-13-11-7-4-5-8-12(11)14-2/h4-5,7-8,13H,3,6,9-10H2,1-2H3. The SMILES string of the molecule is CCSCCCNc1ccccc1OC. The van der Waals surface area contributed by atoms with E-state index in [-0.39, 0.29) is 0 Å². The third-order valence-electron chi connectivity index (χ3n) is 2.09. The van der Waals surface area contributed by atoms with Crippen molar-refractivity contribution in [2.75, 3.05) is 30.5 Å². The van der Waals surface area contributed by atoms with Crippen molar-refractivity contribution in [2.45, 2.75) is 13.3 Å². The molecule has 0 heterocycles. The van der Waals surface area contributed by atoms with Crippen molar-refractivity contribution in [3.05, 3.63) is 24.3 Å². The van der Waals surface area contributed by atoms with Gasteiger partial charge in [0.1, 0.15) is 5.75 Å². The number of nitrogens with one attached hydrogen (secondary N) is 1. The smallest absolute Gasteiger partial charge is 0.141 e. The monoisotopic (exact) mass is 225 g/mol. The van der Waals surface area contributed by atoms with E-state index < -0.39 is 0 Å². The molecule has 0 radical (unpaired) electrons. The normalized spacial score (nSPS) is 10.0. The fourth-order valence-corrected chi connectivity index (χ4v) is 1.97. The Hall–Kier alpha value is -0.830. The van der Waals surface area contributed by atoms with E-state index in [1.54, 1.807) is 7.11 Å². The van der Waals surface area contributed by atoms with E-state index in [4.69, 9.17) is 4.74 Å². The van der Waals surface area contributed by atoms with Crippen molar-refractivity contribution >= 4 is 17.4 Å². The highest BCUT2D eigenvalue weighted by Gasteiger charge is 1.99. The third-order valence-corrected chi connectivity index (χ3v) is 3.08. The first-order valence-electron chi connectivity index (χ1n) is 5.33. The molecular weight excluding hydrogens is 206 g/mol. The Morgan fingerprint density at radius 2 is 2.13 bits per heavy atom. The molecule has 84 valence electrons. The summed E-state index contributed by atoms with van der Waals surface area (Å²) in [6, 6.07) is 8.03. The molecule has 0 aliphatic carbocycles.